The van der Waals surface area contributed by atoms with Crippen molar-refractivity contribution in [1.82, 2.24) is 0 Å². The van der Waals surface area contributed by atoms with E-state index in [4.69, 9.17) is 14.4 Å². The number of ether oxygens (including phenoxy) is 1. The highest BCUT2D eigenvalue weighted by Gasteiger charge is 1.94. The van der Waals surface area contributed by atoms with E-state index in [9.17, 15) is 0 Å². The molecule has 1 aromatic rings. The lowest BCUT2D eigenvalue weighted by Crippen LogP contribution is -1.99. The van der Waals surface area contributed by atoms with Crippen molar-refractivity contribution in [3.05, 3.63) is 24.3 Å². The second-order valence-electron chi connectivity index (χ2n) is 2.18. The number of benzene rings is 1. The highest BCUT2D eigenvalue weighted by Crippen LogP contribution is 2.16. The standard InChI is InChI=1S/C8H11BO3/c1-2-11-7-3-5-8(6-4-7)12-9-10/h3-6,9-10H,2H2,1H3. The minimum absolute atomic E-state index is 0.298. The predicted octanol–water partition coefficient (Wildman–Crippen LogP) is 0.723. The van der Waals surface area contributed by atoms with Crippen LogP contribution in [-0.2, 0) is 0 Å². The van der Waals surface area contributed by atoms with Crippen LogP contribution in [0.15, 0.2) is 24.3 Å². The van der Waals surface area contributed by atoms with Gasteiger partial charge >= 0.3 is 7.69 Å². The van der Waals surface area contributed by atoms with E-state index in [0.717, 1.165) is 5.75 Å². The maximum Gasteiger partial charge on any atom is 0.504 e. The molecule has 12 heavy (non-hydrogen) atoms. The molecule has 0 aromatic heterocycles. The molecule has 1 N–H and O–H groups in total. The second-order valence-corrected chi connectivity index (χ2v) is 2.18. The van der Waals surface area contributed by atoms with Crippen LogP contribution in [0.1, 0.15) is 6.92 Å². The largest absolute Gasteiger partial charge is 0.539 e. The fourth-order valence-corrected chi connectivity index (χ4v) is 0.873. The van der Waals surface area contributed by atoms with Gasteiger partial charge in [-0.05, 0) is 31.2 Å². The summed E-state index contributed by atoms with van der Waals surface area (Å²) in [5, 5.41) is 8.44. The van der Waals surface area contributed by atoms with Gasteiger partial charge in [-0.15, -0.1) is 0 Å². The molecule has 0 spiro atoms. The molecule has 0 atom stereocenters. The summed E-state index contributed by atoms with van der Waals surface area (Å²) in [4.78, 5) is 0. The van der Waals surface area contributed by atoms with Crippen LogP contribution in [0.4, 0.5) is 0 Å². The van der Waals surface area contributed by atoms with Crippen molar-refractivity contribution < 1.29 is 14.4 Å². The fourth-order valence-electron chi connectivity index (χ4n) is 0.873. The summed E-state index contributed by atoms with van der Waals surface area (Å²) in [6.45, 7) is 2.58. The maximum absolute atomic E-state index is 8.44. The van der Waals surface area contributed by atoms with Crippen LogP contribution in [0.5, 0.6) is 11.5 Å². The molecule has 0 aliphatic heterocycles. The summed E-state index contributed by atoms with van der Waals surface area (Å²) in [5.74, 6) is 1.45. The first-order valence-electron chi connectivity index (χ1n) is 3.83. The fraction of sp³-hybridized carbons (Fsp3) is 0.250. The third-order valence-electron chi connectivity index (χ3n) is 1.37. The van der Waals surface area contributed by atoms with E-state index in [1.165, 1.54) is 0 Å². The Kier molecular flexibility index (Phi) is 3.48. The van der Waals surface area contributed by atoms with Crippen molar-refractivity contribution in [1.29, 1.82) is 0 Å². The van der Waals surface area contributed by atoms with Gasteiger partial charge in [0.05, 0.1) is 6.61 Å². The lowest BCUT2D eigenvalue weighted by molar-refractivity contribution is 0.339. The summed E-state index contributed by atoms with van der Waals surface area (Å²) in [6, 6.07) is 7.10. The Labute approximate surface area is 72.2 Å². The molecule has 0 saturated heterocycles. The van der Waals surface area contributed by atoms with E-state index in [2.05, 4.69) is 0 Å². The van der Waals surface area contributed by atoms with Gasteiger partial charge in [-0.25, -0.2) is 0 Å². The summed E-state index contributed by atoms with van der Waals surface area (Å²) in [6.07, 6.45) is 0. The van der Waals surface area contributed by atoms with Crippen LogP contribution >= 0.6 is 0 Å². The number of rotatable bonds is 4. The molecule has 1 rings (SSSR count). The van der Waals surface area contributed by atoms with Crippen LogP contribution in [-0.4, -0.2) is 19.3 Å². The highest BCUT2D eigenvalue weighted by atomic mass is 16.5. The van der Waals surface area contributed by atoms with Crippen molar-refractivity contribution >= 4 is 7.69 Å². The third-order valence-corrected chi connectivity index (χ3v) is 1.37. The molecule has 64 valence electrons. The molecule has 0 amide bonds. The summed E-state index contributed by atoms with van der Waals surface area (Å²) in [5.41, 5.74) is 0. The van der Waals surface area contributed by atoms with Crippen LogP contribution < -0.4 is 9.39 Å². The van der Waals surface area contributed by atoms with Gasteiger partial charge < -0.3 is 14.4 Å². The van der Waals surface area contributed by atoms with Gasteiger partial charge in [0.2, 0.25) is 0 Å². The quantitative estimate of drug-likeness (QED) is 0.669. The maximum atomic E-state index is 8.44. The van der Waals surface area contributed by atoms with Gasteiger partial charge in [0.15, 0.2) is 0 Å². The zero-order valence-corrected chi connectivity index (χ0v) is 6.99. The van der Waals surface area contributed by atoms with Gasteiger partial charge in [-0.1, -0.05) is 0 Å². The smallest absolute Gasteiger partial charge is 0.504 e. The molecule has 0 bridgehead atoms. The highest BCUT2D eigenvalue weighted by molar-refractivity contribution is 6.17. The minimum Gasteiger partial charge on any atom is -0.539 e. The van der Waals surface area contributed by atoms with E-state index in [1.807, 2.05) is 6.92 Å². The Hall–Kier alpha value is -1.16. The Morgan fingerprint density at radius 3 is 2.33 bits per heavy atom. The molecule has 3 nitrogen and oxygen atoms in total. The number of hydrogen-bond acceptors (Lipinski definition) is 3. The normalized spacial score (nSPS) is 9.17. The molecule has 0 saturated carbocycles. The minimum atomic E-state index is -0.298. The van der Waals surface area contributed by atoms with Gasteiger partial charge in [-0.2, -0.15) is 0 Å². The molecular formula is C8H11BO3. The zero-order valence-electron chi connectivity index (χ0n) is 6.99. The van der Waals surface area contributed by atoms with E-state index in [1.54, 1.807) is 24.3 Å². The van der Waals surface area contributed by atoms with Crippen molar-refractivity contribution in [2.75, 3.05) is 6.61 Å². The molecule has 0 aliphatic carbocycles. The molecular weight excluding hydrogens is 155 g/mol. The lowest BCUT2D eigenvalue weighted by Gasteiger charge is -2.04. The molecule has 0 unspecified atom stereocenters. The van der Waals surface area contributed by atoms with Gasteiger partial charge in [0.25, 0.3) is 0 Å². The molecule has 0 heterocycles. The van der Waals surface area contributed by atoms with Crippen LogP contribution in [0.25, 0.3) is 0 Å². The van der Waals surface area contributed by atoms with Gasteiger partial charge in [0.1, 0.15) is 11.5 Å². The Morgan fingerprint density at radius 2 is 1.83 bits per heavy atom. The first-order valence-corrected chi connectivity index (χ1v) is 3.83. The first kappa shape index (κ1) is 8.94. The van der Waals surface area contributed by atoms with Crippen molar-refractivity contribution in [3.8, 4) is 11.5 Å². The number of hydrogen-bond donors (Lipinski definition) is 1. The molecule has 0 fully saturated rings. The summed E-state index contributed by atoms with van der Waals surface area (Å²) < 4.78 is 10.1. The molecule has 0 radical (unpaired) electrons. The van der Waals surface area contributed by atoms with E-state index < -0.39 is 0 Å². The topological polar surface area (TPSA) is 38.7 Å². The first-order chi connectivity index (χ1) is 5.86. The summed E-state index contributed by atoms with van der Waals surface area (Å²) in [7, 11) is -0.298. The van der Waals surface area contributed by atoms with E-state index in [0.29, 0.717) is 12.4 Å². The molecule has 1 aromatic carbocycles. The van der Waals surface area contributed by atoms with Gasteiger partial charge in [-0.3, -0.25) is 0 Å². The Morgan fingerprint density at radius 1 is 1.25 bits per heavy atom. The van der Waals surface area contributed by atoms with Crippen LogP contribution in [0, 0.1) is 0 Å². The third kappa shape index (κ3) is 2.47. The van der Waals surface area contributed by atoms with Gasteiger partial charge in [0, 0.05) is 0 Å². The lowest BCUT2D eigenvalue weighted by atomic mass is 10.3. The Bertz CT molecular complexity index is 197. The van der Waals surface area contributed by atoms with Crippen LogP contribution in [0.2, 0.25) is 0 Å². The molecule has 4 heteroatoms. The Balaban J connectivity index is 2.58. The SMILES string of the molecule is CCOc1ccc(OBO)cc1. The van der Waals surface area contributed by atoms with Crippen molar-refractivity contribution in [2.45, 2.75) is 6.92 Å². The monoisotopic (exact) mass is 166 g/mol. The second kappa shape index (κ2) is 4.67. The van der Waals surface area contributed by atoms with Crippen LogP contribution in [0.3, 0.4) is 0 Å². The zero-order chi connectivity index (χ0) is 8.81. The summed E-state index contributed by atoms with van der Waals surface area (Å²) >= 11 is 0. The van der Waals surface area contributed by atoms with E-state index >= 15 is 0 Å². The molecule has 0 aliphatic rings. The van der Waals surface area contributed by atoms with E-state index in [-0.39, 0.29) is 7.69 Å². The van der Waals surface area contributed by atoms with Crippen molar-refractivity contribution in [3.63, 3.8) is 0 Å². The average Bonchev–Trinajstić information content (AvgIpc) is 2.09. The average molecular weight is 166 g/mol. The van der Waals surface area contributed by atoms with Crippen molar-refractivity contribution in [2.24, 2.45) is 0 Å². The predicted molar refractivity (Wildman–Crippen MR) is 47.6 cm³/mol.